The van der Waals surface area contributed by atoms with Crippen molar-refractivity contribution in [1.29, 1.82) is 0 Å². The number of hydrogen-bond acceptors (Lipinski definition) is 4. The van der Waals surface area contributed by atoms with Gasteiger partial charge in [-0.05, 0) is 36.8 Å². The Hall–Kier alpha value is -2.43. The first kappa shape index (κ1) is 13.5. The highest BCUT2D eigenvalue weighted by atomic mass is 16.5. The van der Waals surface area contributed by atoms with Crippen LogP contribution in [0.1, 0.15) is 35.5 Å². The standard InChI is InChI=1S/C16H17NO4/c1-11(17-16(18)14-4-2-7-20-14)12-5-6-13-15(10-12)21-9-3-8-19-13/h2,4-7,10-11H,3,8-9H2,1H3,(H,17,18)/t11-/m0/s1. The van der Waals surface area contributed by atoms with E-state index in [1.165, 1.54) is 6.26 Å². The second kappa shape index (κ2) is 5.91. The van der Waals surface area contributed by atoms with Gasteiger partial charge in [-0.3, -0.25) is 4.79 Å². The van der Waals surface area contributed by atoms with Crippen molar-refractivity contribution in [3.63, 3.8) is 0 Å². The van der Waals surface area contributed by atoms with E-state index in [2.05, 4.69) is 5.32 Å². The van der Waals surface area contributed by atoms with Crippen LogP contribution in [0.15, 0.2) is 41.0 Å². The minimum Gasteiger partial charge on any atom is -0.490 e. The number of fused-ring (bicyclic) bond motifs is 1. The van der Waals surface area contributed by atoms with E-state index in [1.54, 1.807) is 12.1 Å². The average Bonchev–Trinajstić information content (AvgIpc) is 2.92. The van der Waals surface area contributed by atoms with Gasteiger partial charge in [0.1, 0.15) is 0 Å². The molecule has 110 valence electrons. The maximum atomic E-state index is 12.0. The smallest absolute Gasteiger partial charge is 0.287 e. The Morgan fingerprint density at radius 3 is 2.76 bits per heavy atom. The molecule has 21 heavy (non-hydrogen) atoms. The van der Waals surface area contributed by atoms with Gasteiger partial charge in [0.25, 0.3) is 5.91 Å². The lowest BCUT2D eigenvalue weighted by Gasteiger charge is -2.15. The zero-order valence-electron chi connectivity index (χ0n) is 11.8. The molecule has 0 saturated carbocycles. The second-order valence-corrected chi connectivity index (χ2v) is 4.93. The molecule has 0 fully saturated rings. The maximum Gasteiger partial charge on any atom is 0.287 e. The van der Waals surface area contributed by atoms with Crippen LogP contribution in [0.2, 0.25) is 0 Å². The monoisotopic (exact) mass is 287 g/mol. The van der Waals surface area contributed by atoms with Gasteiger partial charge in [-0.25, -0.2) is 0 Å². The molecule has 0 aliphatic carbocycles. The maximum absolute atomic E-state index is 12.0. The highest BCUT2D eigenvalue weighted by Crippen LogP contribution is 2.32. The summed E-state index contributed by atoms with van der Waals surface area (Å²) >= 11 is 0. The summed E-state index contributed by atoms with van der Waals surface area (Å²) in [5.41, 5.74) is 0.958. The molecule has 0 saturated heterocycles. The minimum atomic E-state index is -0.236. The Morgan fingerprint density at radius 1 is 1.19 bits per heavy atom. The molecule has 1 aliphatic rings. The number of carbonyl (C=O) groups excluding carboxylic acids is 1. The van der Waals surface area contributed by atoms with Gasteiger partial charge in [0.05, 0.1) is 25.5 Å². The predicted molar refractivity (Wildman–Crippen MR) is 76.6 cm³/mol. The highest BCUT2D eigenvalue weighted by Gasteiger charge is 2.16. The summed E-state index contributed by atoms with van der Waals surface area (Å²) in [6.45, 7) is 3.22. The van der Waals surface area contributed by atoms with E-state index < -0.39 is 0 Å². The van der Waals surface area contributed by atoms with Crippen molar-refractivity contribution in [3.05, 3.63) is 47.9 Å². The van der Waals surface area contributed by atoms with Crippen molar-refractivity contribution < 1.29 is 18.7 Å². The van der Waals surface area contributed by atoms with Gasteiger partial charge in [-0.15, -0.1) is 0 Å². The van der Waals surface area contributed by atoms with E-state index in [1.807, 2.05) is 25.1 Å². The number of furan rings is 1. The van der Waals surface area contributed by atoms with Crippen molar-refractivity contribution in [2.24, 2.45) is 0 Å². The summed E-state index contributed by atoms with van der Waals surface area (Å²) in [5.74, 6) is 1.54. The molecule has 0 bridgehead atoms. The number of ether oxygens (including phenoxy) is 2. The average molecular weight is 287 g/mol. The Kier molecular flexibility index (Phi) is 3.81. The molecule has 0 unspecified atom stereocenters. The van der Waals surface area contributed by atoms with E-state index in [0.29, 0.717) is 19.0 Å². The molecule has 5 heteroatoms. The van der Waals surface area contributed by atoms with Gasteiger partial charge in [0, 0.05) is 6.42 Å². The van der Waals surface area contributed by atoms with E-state index in [4.69, 9.17) is 13.9 Å². The van der Waals surface area contributed by atoms with E-state index >= 15 is 0 Å². The first-order valence-electron chi connectivity index (χ1n) is 6.98. The molecule has 2 heterocycles. The van der Waals surface area contributed by atoms with Crippen LogP contribution in [0.5, 0.6) is 11.5 Å². The van der Waals surface area contributed by atoms with Crippen LogP contribution in [0.3, 0.4) is 0 Å². The Labute approximate surface area is 122 Å². The van der Waals surface area contributed by atoms with E-state index in [-0.39, 0.29) is 11.9 Å². The predicted octanol–water partition coefficient (Wildman–Crippen LogP) is 2.93. The lowest BCUT2D eigenvalue weighted by atomic mass is 10.1. The van der Waals surface area contributed by atoms with Gasteiger partial charge >= 0.3 is 0 Å². The minimum absolute atomic E-state index is 0.153. The fourth-order valence-corrected chi connectivity index (χ4v) is 2.21. The number of rotatable bonds is 3. The van der Waals surface area contributed by atoms with Crippen LogP contribution in [-0.2, 0) is 0 Å². The number of amides is 1. The van der Waals surface area contributed by atoms with Gasteiger partial charge < -0.3 is 19.2 Å². The van der Waals surface area contributed by atoms with Crippen LogP contribution in [0.4, 0.5) is 0 Å². The third kappa shape index (κ3) is 3.02. The number of benzene rings is 1. The van der Waals surface area contributed by atoms with Crippen LogP contribution in [-0.4, -0.2) is 19.1 Å². The van der Waals surface area contributed by atoms with Crippen LogP contribution >= 0.6 is 0 Å². The molecular weight excluding hydrogens is 270 g/mol. The second-order valence-electron chi connectivity index (χ2n) is 4.93. The van der Waals surface area contributed by atoms with Crippen molar-refractivity contribution in [2.45, 2.75) is 19.4 Å². The summed E-state index contributed by atoms with van der Waals surface area (Å²) in [5, 5.41) is 2.89. The van der Waals surface area contributed by atoms with Crippen LogP contribution < -0.4 is 14.8 Å². The molecule has 2 aromatic rings. The largest absolute Gasteiger partial charge is 0.490 e. The summed E-state index contributed by atoms with van der Waals surface area (Å²) in [6, 6.07) is 8.89. The van der Waals surface area contributed by atoms with Gasteiger partial charge in [0.2, 0.25) is 0 Å². The quantitative estimate of drug-likeness (QED) is 0.943. The third-order valence-electron chi connectivity index (χ3n) is 3.36. The van der Waals surface area contributed by atoms with Crippen molar-refractivity contribution in [2.75, 3.05) is 13.2 Å². The Morgan fingerprint density at radius 2 is 2.00 bits per heavy atom. The van der Waals surface area contributed by atoms with E-state index in [0.717, 1.165) is 23.5 Å². The molecule has 1 aliphatic heterocycles. The fraction of sp³-hybridized carbons (Fsp3) is 0.312. The van der Waals surface area contributed by atoms with Gasteiger partial charge in [0.15, 0.2) is 17.3 Å². The number of carbonyl (C=O) groups is 1. The molecule has 1 amide bonds. The number of nitrogens with one attached hydrogen (secondary N) is 1. The molecule has 1 N–H and O–H groups in total. The molecule has 0 spiro atoms. The molecular formula is C16H17NO4. The topological polar surface area (TPSA) is 60.7 Å². The molecule has 1 atom stereocenters. The van der Waals surface area contributed by atoms with Crippen molar-refractivity contribution >= 4 is 5.91 Å². The Bertz CT molecular complexity index is 621. The summed E-state index contributed by atoms with van der Waals surface area (Å²) in [6.07, 6.45) is 2.35. The molecule has 5 nitrogen and oxygen atoms in total. The zero-order valence-corrected chi connectivity index (χ0v) is 11.8. The lowest BCUT2D eigenvalue weighted by molar-refractivity contribution is 0.0912. The van der Waals surface area contributed by atoms with Crippen molar-refractivity contribution in [1.82, 2.24) is 5.32 Å². The Balaban J connectivity index is 1.74. The zero-order chi connectivity index (χ0) is 14.7. The van der Waals surface area contributed by atoms with Gasteiger partial charge in [-0.1, -0.05) is 6.07 Å². The molecule has 1 aromatic heterocycles. The summed E-state index contributed by atoms with van der Waals surface area (Å²) in [4.78, 5) is 12.0. The third-order valence-corrected chi connectivity index (χ3v) is 3.36. The van der Waals surface area contributed by atoms with Crippen molar-refractivity contribution in [3.8, 4) is 11.5 Å². The van der Waals surface area contributed by atoms with Gasteiger partial charge in [-0.2, -0.15) is 0 Å². The molecule has 0 radical (unpaired) electrons. The first-order valence-corrected chi connectivity index (χ1v) is 6.98. The molecule has 1 aromatic carbocycles. The lowest BCUT2D eigenvalue weighted by Crippen LogP contribution is -2.26. The van der Waals surface area contributed by atoms with Crippen LogP contribution in [0, 0.1) is 0 Å². The fourth-order valence-electron chi connectivity index (χ4n) is 2.21. The highest BCUT2D eigenvalue weighted by molar-refractivity contribution is 5.91. The first-order chi connectivity index (χ1) is 10.2. The number of hydrogen-bond donors (Lipinski definition) is 1. The summed E-state index contributed by atoms with van der Waals surface area (Å²) in [7, 11) is 0. The SMILES string of the molecule is C[C@H](NC(=O)c1ccco1)c1ccc2c(c1)OCCCO2. The normalized spacial score (nSPS) is 15.1. The summed E-state index contributed by atoms with van der Waals surface area (Å²) < 4.78 is 16.3. The van der Waals surface area contributed by atoms with E-state index in [9.17, 15) is 4.79 Å². The van der Waals surface area contributed by atoms with Crippen LogP contribution in [0.25, 0.3) is 0 Å². The molecule has 3 rings (SSSR count).